The van der Waals surface area contributed by atoms with E-state index in [0.29, 0.717) is 17.9 Å². The number of nitrogens with zero attached hydrogens (tertiary/aromatic N) is 1. The van der Waals surface area contributed by atoms with Gasteiger partial charge in [0, 0.05) is 0 Å². The highest BCUT2D eigenvalue weighted by atomic mass is 32.2. The fourth-order valence-corrected chi connectivity index (χ4v) is 4.71. The van der Waals surface area contributed by atoms with Crippen LogP contribution < -0.4 is 19.3 Å². The lowest BCUT2D eigenvalue weighted by atomic mass is 10.2. The van der Waals surface area contributed by atoms with Crippen LogP contribution in [-0.4, -0.2) is 33.1 Å². The molecule has 0 aliphatic heterocycles. The molecular weight excluding hydrogens is 392 g/mol. The van der Waals surface area contributed by atoms with Crippen molar-refractivity contribution in [2.75, 3.05) is 18.4 Å². The number of aromatic nitrogens is 1. The number of benzene rings is 2. The minimum absolute atomic E-state index is 0.00671. The molecule has 10 heteroatoms. The lowest BCUT2D eigenvalue weighted by molar-refractivity contribution is -0.255. The number of carboxylic acids is 1. The second-order valence-corrected chi connectivity index (χ2v) is 8.02. The average molecular weight is 407 g/mol. The van der Waals surface area contributed by atoms with Crippen LogP contribution in [0.1, 0.15) is 17.3 Å². The maximum atomic E-state index is 12.7. The minimum Gasteiger partial charge on any atom is -0.545 e. The van der Waals surface area contributed by atoms with Gasteiger partial charge in [0.05, 0.1) is 29.9 Å². The van der Waals surface area contributed by atoms with E-state index in [4.69, 9.17) is 9.47 Å². The second kappa shape index (κ2) is 7.41. The van der Waals surface area contributed by atoms with Crippen molar-refractivity contribution in [3.8, 4) is 11.5 Å². The van der Waals surface area contributed by atoms with Gasteiger partial charge in [-0.25, -0.2) is 13.4 Å². The van der Waals surface area contributed by atoms with Crippen molar-refractivity contribution in [1.82, 2.24) is 4.98 Å². The topological polar surface area (TPSA) is 118 Å². The molecule has 1 N–H and O–H groups in total. The summed E-state index contributed by atoms with van der Waals surface area (Å²) in [6.07, 6.45) is 0. The van der Waals surface area contributed by atoms with Gasteiger partial charge in [0.2, 0.25) is 0 Å². The SMILES string of the molecule is CCOc1ccc2nc(NS(=O)(=O)c3cc(C(=O)[O-])ccc3OC)sc2c1. The van der Waals surface area contributed by atoms with E-state index in [-0.39, 0.29) is 21.3 Å². The van der Waals surface area contributed by atoms with Crippen LogP contribution in [0.4, 0.5) is 5.13 Å². The van der Waals surface area contributed by atoms with Gasteiger partial charge in [0.1, 0.15) is 16.4 Å². The third kappa shape index (κ3) is 3.96. The molecule has 1 aromatic heterocycles. The van der Waals surface area contributed by atoms with Gasteiger partial charge in [-0.2, -0.15) is 0 Å². The van der Waals surface area contributed by atoms with Crippen molar-refractivity contribution in [2.45, 2.75) is 11.8 Å². The lowest BCUT2D eigenvalue weighted by Gasteiger charge is -2.12. The van der Waals surface area contributed by atoms with Crippen LogP contribution in [0, 0.1) is 0 Å². The number of rotatable bonds is 7. The molecule has 0 aliphatic carbocycles. The average Bonchev–Trinajstić information content (AvgIpc) is 3.02. The zero-order chi connectivity index (χ0) is 19.6. The summed E-state index contributed by atoms with van der Waals surface area (Å²) in [4.78, 5) is 15.0. The van der Waals surface area contributed by atoms with Gasteiger partial charge in [-0.1, -0.05) is 11.3 Å². The van der Waals surface area contributed by atoms with E-state index < -0.39 is 16.0 Å². The molecule has 3 aromatic rings. The lowest BCUT2D eigenvalue weighted by Crippen LogP contribution is -2.23. The molecule has 8 nitrogen and oxygen atoms in total. The van der Waals surface area contributed by atoms with E-state index in [1.165, 1.54) is 19.2 Å². The summed E-state index contributed by atoms with van der Waals surface area (Å²) < 4.78 is 39.0. The highest BCUT2D eigenvalue weighted by Gasteiger charge is 2.22. The molecule has 0 unspecified atom stereocenters. The van der Waals surface area contributed by atoms with E-state index in [1.807, 2.05) is 6.92 Å². The number of carbonyl (C=O) groups excluding carboxylic acids is 1. The van der Waals surface area contributed by atoms with Crippen LogP contribution in [0.3, 0.4) is 0 Å². The number of sulfonamides is 1. The van der Waals surface area contributed by atoms with Gasteiger partial charge >= 0.3 is 0 Å². The maximum Gasteiger partial charge on any atom is 0.267 e. The molecule has 27 heavy (non-hydrogen) atoms. The van der Waals surface area contributed by atoms with Gasteiger partial charge < -0.3 is 19.4 Å². The van der Waals surface area contributed by atoms with Crippen molar-refractivity contribution in [3.63, 3.8) is 0 Å². The summed E-state index contributed by atoms with van der Waals surface area (Å²) >= 11 is 1.13. The van der Waals surface area contributed by atoms with Gasteiger partial charge in [0.25, 0.3) is 10.0 Å². The summed E-state index contributed by atoms with van der Waals surface area (Å²) in [5.41, 5.74) is 0.332. The number of thiazole rings is 1. The molecule has 0 aliphatic rings. The standard InChI is InChI=1S/C17H16N2O6S2/c1-3-25-11-5-6-12-14(9-11)26-17(18-12)19-27(22,23)15-8-10(16(20)21)4-7-13(15)24-2/h4-9H,3H2,1-2H3,(H,18,19)(H,20,21)/p-1. The molecular formula is C17H15N2O6S2-. The number of hydrogen-bond acceptors (Lipinski definition) is 8. The van der Waals surface area contributed by atoms with Crippen LogP contribution in [-0.2, 0) is 10.0 Å². The van der Waals surface area contributed by atoms with E-state index >= 15 is 0 Å². The van der Waals surface area contributed by atoms with Crippen LogP contribution in [0.5, 0.6) is 11.5 Å². The molecule has 0 saturated carbocycles. The smallest absolute Gasteiger partial charge is 0.267 e. The number of nitrogens with one attached hydrogen (secondary N) is 1. The van der Waals surface area contributed by atoms with Crippen LogP contribution >= 0.6 is 11.3 Å². The zero-order valence-electron chi connectivity index (χ0n) is 14.4. The first-order valence-electron chi connectivity index (χ1n) is 7.79. The summed E-state index contributed by atoms with van der Waals surface area (Å²) in [7, 11) is -2.84. The maximum absolute atomic E-state index is 12.7. The molecule has 0 atom stereocenters. The minimum atomic E-state index is -4.13. The fourth-order valence-electron chi connectivity index (χ4n) is 2.39. The molecule has 0 bridgehead atoms. The van der Waals surface area contributed by atoms with Crippen molar-refractivity contribution in [1.29, 1.82) is 0 Å². The zero-order valence-corrected chi connectivity index (χ0v) is 16.0. The third-order valence-corrected chi connectivity index (χ3v) is 6.00. The first-order valence-corrected chi connectivity index (χ1v) is 10.1. The Bertz CT molecular complexity index is 1110. The normalized spacial score (nSPS) is 11.3. The van der Waals surface area contributed by atoms with E-state index in [0.717, 1.165) is 22.1 Å². The molecule has 3 rings (SSSR count). The number of hydrogen-bond donors (Lipinski definition) is 1. The second-order valence-electron chi connectivity index (χ2n) is 5.34. The number of anilines is 1. The Kier molecular flexibility index (Phi) is 5.19. The monoisotopic (exact) mass is 407 g/mol. The fraction of sp³-hybridized carbons (Fsp3) is 0.176. The Hall–Kier alpha value is -2.85. The molecule has 142 valence electrons. The number of methoxy groups -OCH3 is 1. The Morgan fingerprint density at radius 3 is 2.70 bits per heavy atom. The van der Waals surface area contributed by atoms with Crippen LogP contribution in [0.25, 0.3) is 10.2 Å². The summed E-state index contributed by atoms with van der Waals surface area (Å²) in [5, 5.41) is 11.2. The number of carboxylic acid groups (broad SMARTS) is 1. The Morgan fingerprint density at radius 2 is 2.04 bits per heavy atom. The first kappa shape index (κ1) is 18.9. The Balaban J connectivity index is 1.98. The molecule has 0 spiro atoms. The van der Waals surface area contributed by atoms with Gasteiger partial charge in [0.15, 0.2) is 5.13 Å². The molecule has 0 saturated heterocycles. The Labute approximate surface area is 159 Å². The predicted octanol–water partition coefficient (Wildman–Crippen LogP) is 1.87. The summed E-state index contributed by atoms with van der Waals surface area (Å²) in [6.45, 7) is 2.38. The van der Waals surface area contributed by atoms with Crippen molar-refractivity contribution in [2.24, 2.45) is 0 Å². The quantitative estimate of drug-likeness (QED) is 0.635. The predicted molar refractivity (Wildman–Crippen MR) is 98.9 cm³/mol. The molecule has 0 amide bonds. The van der Waals surface area contributed by atoms with Gasteiger partial charge in [-0.3, -0.25) is 4.72 Å². The third-order valence-electron chi connectivity index (χ3n) is 3.58. The highest BCUT2D eigenvalue weighted by Crippen LogP contribution is 2.32. The van der Waals surface area contributed by atoms with E-state index in [1.54, 1.807) is 18.2 Å². The molecule has 2 aromatic carbocycles. The number of carbonyl (C=O) groups is 1. The molecule has 0 fully saturated rings. The summed E-state index contributed by atoms with van der Waals surface area (Å²) in [5.74, 6) is -0.823. The van der Waals surface area contributed by atoms with Gasteiger partial charge in [-0.05, 0) is 48.9 Å². The Morgan fingerprint density at radius 1 is 1.26 bits per heavy atom. The van der Waals surface area contributed by atoms with E-state index in [9.17, 15) is 18.3 Å². The summed E-state index contributed by atoms with van der Waals surface area (Å²) in [6, 6.07) is 8.69. The van der Waals surface area contributed by atoms with Crippen LogP contribution in [0.2, 0.25) is 0 Å². The van der Waals surface area contributed by atoms with E-state index in [2.05, 4.69) is 9.71 Å². The molecule has 0 radical (unpaired) electrons. The number of fused-ring (bicyclic) bond motifs is 1. The first-order chi connectivity index (χ1) is 12.8. The van der Waals surface area contributed by atoms with Crippen LogP contribution in [0.15, 0.2) is 41.3 Å². The number of ether oxygens (including phenoxy) is 2. The highest BCUT2D eigenvalue weighted by molar-refractivity contribution is 7.93. The number of aromatic carboxylic acids is 1. The van der Waals surface area contributed by atoms with Crippen molar-refractivity contribution >= 4 is 42.7 Å². The van der Waals surface area contributed by atoms with Crippen molar-refractivity contribution in [3.05, 3.63) is 42.0 Å². The van der Waals surface area contributed by atoms with Gasteiger partial charge in [-0.15, -0.1) is 0 Å². The molecule has 1 heterocycles. The van der Waals surface area contributed by atoms with Crippen molar-refractivity contribution < 1.29 is 27.8 Å². The largest absolute Gasteiger partial charge is 0.545 e.